The molecule has 0 bridgehead atoms. The molecule has 0 unspecified atom stereocenters. The standard InChI is InChI=1S/C22H29N3O5/c1-16(26)24-11-13-25(14-12-24)21(28)9-10-22(29)30-15-20(27)23-19-8-4-6-17-5-2-3-7-18(17)19/h2-3,5,7,19H,4,6,8-15H2,1H3,(H,23,27)/t19-/m0/s1. The number of hydrogen-bond acceptors (Lipinski definition) is 5. The number of carbonyl (C=O) groups is 4. The van der Waals surface area contributed by atoms with E-state index in [1.807, 2.05) is 18.2 Å². The molecule has 8 nitrogen and oxygen atoms in total. The number of ether oxygens (including phenoxy) is 1. The van der Waals surface area contributed by atoms with Crippen LogP contribution in [0, 0.1) is 0 Å². The van der Waals surface area contributed by atoms with Crippen molar-refractivity contribution in [3.05, 3.63) is 35.4 Å². The fraction of sp³-hybridized carbons (Fsp3) is 0.545. The van der Waals surface area contributed by atoms with Gasteiger partial charge in [-0.3, -0.25) is 19.2 Å². The van der Waals surface area contributed by atoms with Crippen LogP contribution < -0.4 is 5.32 Å². The second-order valence-corrected chi connectivity index (χ2v) is 7.76. The summed E-state index contributed by atoms with van der Waals surface area (Å²) in [5.74, 6) is -1.04. The lowest BCUT2D eigenvalue weighted by molar-refractivity contribution is -0.150. The summed E-state index contributed by atoms with van der Waals surface area (Å²) >= 11 is 0. The van der Waals surface area contributed by atoms with Crippen molar-refractivity contribution in [3.8, 4) is 0 Å². The Hall–Kier alpha value is -2.90. The van der Waals surface area contributed by atoms with Crippen molar-refractivity contribution in [1.82, 2.24) is 15.1 Å². The fourth-order valence-corrected chi connectivity index (χ4v) is 4.00. The third-order valence-corrected chi connectivity index (χ3v) is 5.69. The van der Waals surface area contributed by atoms with Gasteiger partial charge in [0.1, 0.15) is 0 Å². The Balaban J connectivity index is 1.35. The highest BCUT2D eigenvalue weighted by Gasteiger charge is 2.24. The molecule has 1 aromatic rings. The zero-order valence-corrected chi connectivity index (χ0v) is 17.4. The maximum Gasteiger partial charge on any atom is 0.306 e. The van der Waals surface area contributed by atoms with Crippen molar-refractivity contribution in [2.75, 3.05) is 32.8 Å². The zero-order valence-electron chi connectivity index (χ0n) is 17.4. The SMILES string of the molecule is CC(=O)N1CCN(C(=O)CCC(=O)OCC(=O)N[C@H]2CCCc3ccccc32)CC1. The largest absolute Gasteiger partial charge is 0.456 e. The molecule has 0 saturated carbocycles. The second-order valence-electron chi connectivity index (χ2n) is 7.76. The van der Waals surface area contributed by atoms with Crippen LogP contribution in [0.25, 0.3) is 0 Å². The van der Waals surface area contributed by atoms with Crippen LogP contribution in [0.15, 0.2) is 24.3 Å². The minimum atomic E-state index is -0.565. The molecule has 8 heteroatoms. The Labute approximate surface area is 176 Å². The first-order chi connectivity index (χ1) is 14.4. The number of aryl methyl sites for hydroxylation is 1. The molecule has 2 aliphatic rings. The molecule has 1 aliphatic heterocycles. The molecule has 1 aromatic carbocycles. The van der Waals surface area contributed by atoms with E-state index in [0.29, 0.717) is 26.2 Å². The van der Waals surface area contributed by atoms with Crippen LogP contribution in [-0.2, 0) is 30.3 Å². The molecule has 1 fully saturated rings. The molecule has 0 aromatic heterocycles. The van der Waals surface area contributed by atoms with Gasteiger partial charge in [-0.25, -0.2) is 0 Å². The Morgan fingerprint density at radius 3 is 2.47 bits per heavy atom. The highest BCUT2D eigenvalue weighted by molar-refractivity contribution is 5.84. The first-order valence-electron chi connectivity index (χ1n) is 10.5. The minimum absolute atomic E-state index is 0.000619. The van der Waals surface area contributed by atoms with Crippen molar-refractivity contribution in [2.24, 2.45) is 0 Å². The van der Waals surface area contributed by atoms with Gasteiger partial charge in [-0.2, -0.15) is 0 Å². The summed E-state index contributed by atoms with van der Waals surface area (Å²) in [5.41, 5.74) is 2.37. The average molecular weight is 415 g/mol. The number of benzene rings is 1. The van der Waals surface area contributed by atoms with Gasteiger partial charge in [-0.1, -0.05) is 24.3 Å². The van der Waals surface area contributed by atoms with Gasteiger partial charge in [-0.05, 0) is 30.4 Å². The summed E-state index contributed by atoms with van der Waals surface area (Å²) in [4.78, 5) is 51.1. The highest BCUT2D eigenvalue weighted by Crippen LogP contribution is 2.29. The van der Waals surface area contributed by atoms with Crippen LogP contribution in [0.3, 0.4) is 0 Å². The van der Waals surface area contributed by atoms with Crippen molar-refractivity contribution in [2.45, 2.75) is 45.1 Å². The van der Waals surface area contributed by atoms with Crippen LogP contribution in [0.5, 0.6) is 0 Å². The molecule has 3 amide bonds. The Kier molecular flexibility index (Phi) is 7.43. The number of rotatable bonds is 6. The number of amides is 3. The molecule has 1 aliphatic carbocycles. The average Bonchev–Trinajstić information content (AvgIpc) is 2.76. The van der Waals surface area contributed by atoms with Gasteiger partial charge >= 0.3 is 5.97 Å². The Morgan fingerprint density at radius 2 is 1.73 bits per heavy atom. The second kappa shape index (κ2) is 10.2. The van der Waals surface area contributed by atoms with E-state index in [-0.39, 0.29) is 43.2 Å². The van der Waals surface area contributed by atoms with Crippen molar-refractivity contribution in [1.29, 1.82) is 0 Å². The van der Waals surface area contributed by atoms with Gasteiger partial charge in [0.05, 0.1) is 12.5 Å². The van der Waals surface area contributed by atoms with Gasteiger partial charge < -0.3 is 19.9 Å². The van der Waals surface area contributed by atoms with E-state index < -0.39 is 5.97 Å². The van der Waals surface area contributed by atoms with E-state index >= 15 is 0 Å². The van der Waals surface area contributed by atoms with E-state index in [1.165, 1.54) is 12.5 Å². The third kappa shape index (κ3) is 5.81. The van der Waals surface area contributed by atoms with Crippen molar-refractivity contribution >= 4 is 23.7 Å². The van der Waals surface area contributed by atoms with E-state index in [2.05, 4.69) is 11.4 Å². The van der Waals surface area contributed by atoms with Crippen LogP contribution in [0.1, 0.15) is 49.8 Å². The molecule has 162 valence electrons. The molecule has 1 atom stereocenters. The summed E-state index contributed by atoms with van der Waals surface area (Å²) in [6, 6.07) is 7.99. The zero-order chi connectivity index (χ0) is 21.5. The van der Waals surface area contributed by atoms with Gasteiger partial charge in [-0.15, -0.1) is 0 Å². The third-order valence-electron chi connectivity index (χ3n) is 5.69. The monoisotopic (exact) mass is 415 g/mol. The Morgan fingerprint density at radius 1 is 1.03 bits per heavy atom. The van der Waals surface area contributed by atoms with E-state index in [1.54, 1.807) is 9.80 Å². The number of piperazine rings is 1. The lowest BCUT2D eigenvalue weighted by atomic mass is 9.88. The predicted molar refractivity (Wildman–Crippen MR) is 109 cm³/mol. The topological polar surface area (TPSA) is 96.0 Å². The molecular weight excluding hydrogens is 386 g/mol. The molecule has 30 heavy (non-hydrogen) atoms. The smallest absolute Gasteiger partial charge is 0.306 e. The maximum atomic E-state index is 12.2. The first-order valence-corrected chi connectivity index (χ1v) is 10.5. The summed E-state index contributed by atoms with van der Waals surface area (Å²) in [7, 11) is 0. The van der Waals surface area contributed by atoms with Crippen LogP contribution in [-0.4, -0.2) is 66.3 Å². The molecular formula is C22H29N3O5. The highest BCUT2D eigenvalue weighted by atomic mass is 16.5. The number of carbonyl (C=O) groups excluding carboxylic acids is 4. The lowest BCUT2D eigenvalue weighted by Gasteiger charge is -2.34. The molecule has 3 rings (SSSR count). The van der Waals surface area contributed by atoms with Crippen LogP contribution >= 0.6 is 0 Å². The quantitative estimate of drug-likeness (QED) is 0.705. The summed E-state index contributed by atoms with van der Waals surface area (Å²) < 4.78 is 5.04. The molecule has 1 N–H and O–H groups in total. The van der Waals surface area contributed by atoms with E-state index in [9.17, 15) is 19.2 Å². The number of nitrogens with zero attached hydrogens (tertiary/aromatic N) is 2. The maximum absolute atomic E-state index is 12.2. The van der Waals surface area contributed by atoms with Gasteiger partial charge in [0.2, 0.25) is 11.8 Å². The van der Waals surface area contributed by atoms with Crippen LogP contribution in [0.4, 0.5) is 0 Å². The molecule has 0 spiro atoms. The number of nitrogens with one attached hydrogen (secondary N) is 1. The van der Waals surface area contributed by atoms with Crippen molar-refractivity contribution < 1.29 is 23.9 Å². The summed E-state index contributed by atoms with van der Waals surface area (Å²) in [5, 5.41) is 2.94. The summed E-state index contributed by atoms with van der Waals surface area (Å²) in [6.07, 6.45) is 2.85. The summed E-state index contributed by atoms with van der Waals surface area (Å²) in [6.45, 7) is 3.13. The fourth-order valence-electron chi connectivity index (χ4n) is 4.00. The lowest BCUT2D eigenvalue weighted by Crippen LogP contribution is -2.50. The number of fused-ring (bicyclic) bond motifs is 1. The van der Waals surface area contributed by atoms with Gasteiger partial charge in [0, 0.05) is 39.5 Å². The normalized spacial score (nSPS) is 18.4. The minimum Gasteiger partial charge on any atom is -0.456 e. The molecule has 0 radical (unpaired) electrons. The number of hydrogen-bond donors (Lipinski definition) is 1. The van der Waals surface area contributed by atoms with Gasteiger partial charge in [0.25, 0.3) is 5.91 Å². The van der Waals surface area contributed by atoms with Crippen LogP contribution in [0.2, 0.25) is 0 Å². The van der Waals surface area contributed by atoms with E-state index in [4.69, 9.17) is 4.74 Å². The molecule has 1 heterocycles. The molecule has 1 saturated heterocycles. The number of esters is 1. The van der Waals surface area contributed by atoms with Crippen molar-refractivity contribution in [3.63, 3.8) is 0 Å². The Bertz CT molecular complexity index is 802. The predicted octanol–water partition coefficient (Wildman–Crippen LogP) is 1.19. The van der Waals surface area contributed by atoms with Gasteiger partial charge in [0.15, 0.2) is 6.61 Å². The first kappa shape index (κ1) is 21.8. The van der Waals surface area contributed by atoms with E-state index in [0.717, 1.165) is 24.8 Å².